The van der Waals surface area contributed by atoms with Gasteiger partial charge in [-0.25, -0.2) is 4.79 Å². The highest BCUT2D eigenvalue weighted by molar-refractivity contribution is 5.87. The third kappa shape index (κ3) is 5.03. The first-order valence-electron chi connectivity index (χ1n) is 12.0. The van der Waals surface area contributed by atoms with E-state index >= 15 is 0 Å². The third-order valence-corrected chi connectivity index (χ3v) is 7.30. The van der Waals surface area contributed by atoms with E-state index in [-0.39, 0.29) is 19.1 Å². The molecule has 35 heavy (non-hydrogen) atoms. The van der Waals surface area contributed by atoms with Crippen LogP contribution in [0.3, 0.4) is 0 Å². The normalized spacial score (nSPS) is 21.9. The summed E-state index contributed by atoms with van der Waals surface area (Å²) < 4.78 is 10.7. The van der Waals surface area contributed by atoms with Crippen LogP contribution in [0.4, 0.5) is 4.79 Å². The quantitative estimate of drug-likeness (QED) is 0.531. The number of aliphatic carboxylic acids is 1. The average Bonchev–Trinajstić information content (AvgIpc) is 3.17. The van der Waals surface area contributed by atoms with Crippen LogP contribution in [0.2, 0.25) is 0 Å². The Bertz CT molecular complexity index is 1060. The number of ether oxygens (including phenoxy) is 2. The van der Waals surface area contributed by atoms with Crippen LogP contribution in [0.25, 0.3) is 11.1 Å². The predicted molar refractivity (Wildman–Crippen MR) is 130 cm³/mol. The van der Waals surface area contributed by atoms with Crippen molar-refractivity contribution in [1.82, 2.24) is 10.6 Å². The maximum atomic E-state index is 13.0. The van der Waals surface area contributed by atoms with E-state index in [1.165, 1.54) is 7.11 Å². The summed E-state index contributed by atoms with van der Waals surface area (Å²) in [6, 6.07) is 14.6. The van der Waals surface area contributed by atoms with Gasteiger partial charge in [0.2, 0.25) is 5.91 Å². The molecule has 4 rings (SSSR count). The molecule has 2 aliphatic rings. The Kier molecular flexibility index (Phi) is 7.40. The number of alkyl carbamates (subject to hydrolysis) is 1. The number of fused-ring (bicyclic) bond motifs is 3. The number of hydrogen-bond donors (Lipinski definition) is 3. The van der Waals surface area contributed by atoms with Gasteiger partial charge in [-0.3, -0.25) is 9.59 Å². The van der Waals surface area contributed by atoms with Crippen LogP contribution in [0.1, 0.15) is 49.7 Å². The second-order valence-corrected chi connectivity index (χ2v) is 9.51. The Hall–Kier alpha value is -3.39. The molecule has 0 aromatic heterocycles. The van der Waals surface area contributed by atoms with Gasteiger partial charge in [-0.2, -0.15) is 0 Å². The number of carbonyl (C=O) groups is 3. The van der Waals surface area contributed by atoms with Crippen LogP contribution >= 0.6 is 0 Å². The lowest BCUT2D eigenvalue weighted by atomic mass is 9.71. The van der Waals surface area contributed by atoms with Gasteiger partial charge in [-0.05, 0) is 42.0 Å². The Morgan fingerprint density at radius 1 is 1.06 bits per heavy atom. The second-order valence-electron chi connectivity index (χ2n) is 9.51. The maximum Gasteiger partial charge on any atom is 0.407 e. The smallest absolute Gasteiger partial charge is 0.407 e. The Balaban J connectivity index is 1.40. The molecule has 8 heteroatoms. The average molecular weight is 481 g/mol. The number of benzene rings is 2. The molecule has 2 aromatic carbocycles. The Labute approximate surface area is 205 Å². The van der Waals surface area contributed by atoms with E-state index in [9.17, 15) is 19.5 Å². The van der Waals surface area contributed by atoms with Crippen molar-refractivity contribution < 1.29 is 29.0 Å². The van der Waals surface area contributed by atoms with Gasteiger partial charge in [-0.15, -0.1) is 0 Å². The number of carboxylic acid groups (broad SMARTS) is 1. The molecule has 0 radical (unpaired) electrons. The predicted octanol–water partition coefficient (Wildman–Crippen LogP) is 3.69. The van der Waals surface area contributed by atoms with Gasteiger partial charge < -0.3 is 25.2 Å². The summed E-state index contributed by atoms with van der Waals surface area (Å²) in [6.07, 6.45) is 1.96. The summed E-state index contributed by atoms with van der Waals surface area (Å²) in [7, 11) is 1.43. The van der Waals surface area contributed by atoms with Crippen molar-refractivity contribution in [1.29, 1.82) is 0 Å². The summed E-state index contributed by atoms with van der Waals surface area (Å²) in [4.78, 5) is 37.5. The van der Waals surface area contributed by atoms with E-state index in [0.717, 1.165) is 35.1 Å². The largest absolute Gasteiger partial charge is 0.481 e. The summed E-state index contributed by atoms with van der Waals surface area (Å²) in [5.74, 6) is -1.52. The zero-order valence-corrected chi connectivity index (χ0v) is 20.1. The lowest BCUT2D eigenvalue weighted by Gasteiger charge is -2.38. The van der Waals surface area contributed by atoms with Crippen LogP contribution in [-0.4, -0.2) is 55.5 Å². The zero-order chi connectivity index (χ0) is 25.0. The molecule has 8 nitrogen and oxygen atoms in total. The number of nitrogens with one attached hydrogen (secondary N) is 2. The van der Waals surface area contributed by atoms with Gasteiger partial charge in [-0.1, -0.05) is 61.4 Å². The maximum absolute atomic E-state index is 13.0. The third-order valence-electron chi connectivity index (χ3n) is 7.30. The number of hydrogen-bond acceptors (Lipinski definition) is 5. The molecule has 186 valence electrons. The number of methoxy groups -OCH3 is 1. The molecule has 1 saturated carbocycles. The van der Waals surface area contributed by atoms with E-state index in [0.29, 0.717) is 12.8 Å². The van der Waals surface area contributed by atoms with Gasteiger partial charge in [0, 0.05) is 19.1 Å². The topological polar surface area (TPSA) is 114 Å². The van der Waals surface area contributed by atoms with Crippen LogP contribution < -0.4 is 10.6 Å². The number of carboxylic acids is 1. The highest BCUT2D eigenvalue weighted by atomic mass is 16.5. The Morgan fingerprint density at radius 3 is 2.29 bits per heavy atom. The molecule has 3 N–H and O–H groups in total. The monoisotopic (exact) mass is 480 g/mol. The zero-order valence-electron chi connectivity index (χ0n) is 20.1. The second kappa shape index (κ2) is 10.5. The minimum atomic E-state index is -1.05. The van der Waals surface area contributed by atoms with E-state index in [1.807, 2.05) is 36.4 Å². The van der Waals surface area contributed by atoms with E-state index in [2.05, 4.69) is 22.8 Å². The fourth-order valence-electron chi connectivity index (χ4n) is 5.23. The first-order valence-corrected chi connectivity index (χ1v) is 12.0. The fraction of sp³-hybridized carbons (Fsp3) is 0.444. The SMILES string of the molecule is COC[C@H](NC(=O)OCC1c2ccccc2-c2ccccc21)C(=O)NC1CCCCC1(C)C(=O)O. The van der Waals surface area contributed by atoms with Gasteiger partial charge in [0.25, 0.3) is 0 Å². The molecule has 1 fully saturated rings. The first kappa shape index (κ1) is 24.7. The van der Waals surface area contributed by atoms with Crippen LogP contribution in [0.15, 0.2) is 48.5 Å². The van der Waals surface area contributed by atoms with Gasteiger partial charge in [0.15, 0.2) is 0 Å². The molecule has 0 bridgehead atoms. The van der Waals surface area contributed by atoms with Crippen LogP contribution in [-0.2, 0) is 19.1 Å². The lowest BCUT2D eigenvalue weighted by Crippen LogP contribution is -2.57. The van der Waals surface area contributed by atoms with Crippen molar-refractivity contribution in [3.63, 3.8) is 0 Å². The van der Waals surface area contributed by atoms with Gasteiger partial charge >= 0.3 is 12.1 Å². The standard InChI is InChI=1S/C27H32N2O6/c1-27(25(31)32)14-8-7-13-23(27)29-24(30)22(16-34-2)28-26(33)35-15-21-19-11-5-3-9-17(19)18-10-4-6-12-20(18)21/h3-6,9-12,21-23H,7-8,13-16H2,1-2H3,(H,28,33)(H,29,30)(H,31,32)/t22-,23?,27?/m0/s1. The molecule has 2 aliphatic carbocycles. The van der Waals surface area contributed by atoms with Crippen LogP contribution in [0.5, 0.6) is 0 Å². The van der Waals surface area contributed by atoms with E-state index < -0.39 is 35.5 Å². The molecule has 0 saturated heterocycles. The number of amides is 2. The molecule has 0 aliphatic heterocycles. The van der Waals surface area contributed by atoms with Crippen molar-refractivity contribution in [3.8, 4) is 11.1 Å². The summed E-state index contributed by atoms with van der Waals surface area (Å²) in [5, 5.41) is 15.1. The minimum Gasteiger partial charge on any atom is -0.481 e. The van der Waals surface area contributed by atoms with Crippen LogP contribution in [0, 0.1) is 5.41 Å². The molecule has 3 atom stereocenters. The molecular weight excluding hydrogens is 448 g/mol. The van der Waals surface area contributed by atoms with E-state index in [4.69, 9.17) is 9.47 Å². The van der Waals surface area contributed by atoms with Crippen molar-refractivity contribution in [2.24, 2.45) is 5.41 Å². The molecule has 2 unspecified atom stereocenters. The molecule has 0 heterocycles. The van der Waals surface area contributed by atoms with Crippen molar-refractivity contribution in [3.05, 3.63) is 59.7 Å². The first-order chi connectivity index (χ1) is 16.8. The van der Waals surface area contributed by atoms with Crippen molar-refractivity contribution >= 4 is 18.0 Å². The number of rotatable bonds is 8. The molecule has 0 spiro atoms. The van der Waals surface area contributed by atoms with Gasteiger partial charge in [0.05, 0.1) is 12.0 Å². The molecule has 2 amide bonds. The lowest BCUT2D eigenvalue weighted by molar-refractivity contribution is -0.152. The molecular formula is C27H32N2O6. The minimum absolute atomic E-state index is 0.0630. The fourth-order valence-corrected chi connectivity index (χ4v) is 5.23. The van der Waals surface area contributed by atoms with Gasteiger partial charge in [0.1, 0.15) is 12.6 Å². The molecule has 2 aromatic rings. The summed E-state index contributed by atoms with van der Waals surface area (Å²) in [5.41, 5.74) is 3.40. The summed E-state index contributed by atoms with van der Waals surface area (Å²) >= 11 is 0. The van der Waals surface area contributed by atoms with E-state index in [1.54, 1.807) is 6.92 Å². The number of carbonyl (C=O) groups excluding carboxylic acids is 2. The Morgan fingerprint density at radius 2 is 1.69 bits per heavy atom. The van der Waals surface area contributed by atoms with Crippen molar-refractivity contribution in [2.75, 3.05) is 20.3 Å². The highest BCUT2D eigenvalue weighted by Crippen LogP contribution is 2.44. The summed E-state index contributed by atoms with van der Waals surface area (Å²) in [6.45, 7) is 1.72. The highest BCUT2D eigenvalue weighted by Gasteiger charge is 2.44. The van der Waals surface area contributed by atoms with Crippen molar-refractivity contribution in [2.45, 2.75) is 50.6 Å².